The summed E-state index contributed by atoms with van der Waals surface area (Å²) in [4.78, 5) is 15.0. The van der Waals surface area contributed by atoms with Crippen LogP contribution < -0.4 is 0 Å². The van der Waals surface area contributed by atoms with Crippen molar-refractivity contribution in [1.82, 2.24) is 9.80 Å². The molecule has 1 aromatic carbocycles. The molecule has 1 aliphatic heterocycles. The Kier molecular flexibility index (Phi) is 5.48. The smallest absolute Gasteiger partial charge is 0.411 e. The van der Waals surface area contributed by atoms with E-state index >= 15 is 0 Å². The lowest BCUT2D eigenvalue weighted by molar-refractivity contribution is 0.159. The molecule has 0 aliphatic carbocycles. The van der Waals surface area contributed by atoms with Gasteiger partial charge in [-0.05, 0) is 50.0 Å². The molecule has 1 aromatic rings. The van der Waals surface area contributed by atoms with Crippen LogP contribution in [-0.2, 0) is 6.42 Å². The summed E-state index contributed by atoms with van der Waals surface area (Å²) in [6.45, 7) is 3.52. The molecular weight excluding hydrogens is 300 g/mol. The Morgan fingerprint density at radius 2 is 2.18 bits per heavy atom. The SMILES string of the molecule is C[C@H]1CC=C(c2ccc(CCN(C)C)c(Cl)c2)N(C(=O)O)C1. The predicted octanol–water partition coefficient (Wildman–Crippen LogP) is 3.80. The molecule has 0 aromatic heterocycles. The van der Waals surface area contributed by atoms with Gasteiger partial charge in [0, 0.05) is 18.1 Å². The summed E-state index contributed by atoms with van der Waals surface area (Å²) in [5, 5.41) is 10.1. The van der Waals surface area contributed by atoms with Gasteiger partial charge in [0.2, 0.25) is 0 Å². The molecular formula is C17H23ClN2O2. The van der Waals surface area contributed by atoms with E-state index in [1.54, 1.807) is 0 Å². The zero-order chi connectivity index (χ0) is 16.3. The number of allylic oxidation sites excluding steroid dienone is 1. The first-order valence-electron chi connectivity index (χ1n) is 7.52. The third-order valence-electron chi connectivity index (χ3n) is 3.91. The number of carbonyl (C=O) groups is 1. The lowest BCUT2D eigenvalue weighted by Crippen LogP contribution is -2.34. The van der Waals surface area contributed by atoms with Crippen LogP contribution in [0.3, 0.4) is 0 Å². The first-order valence-corrected chi connectivity index (χ1v) is 7.90. The van der Waals surface area contributed by atoms with E-state index in [1.165, 1.54) is 4.90 Å². The fourth-order valence-corrected chi connectivity index (χ4v) is 2.89. The topological polar surface area (TPSA) is 43.8 Å². The Labute approximate surface area is 137 Å². The van der Waals surface area contributed by atoms with Crippen LogP contribution in [0.1, 0.15) is 24.5 Å². The number of hydrogen-bond donors (Lipinski definition) is 1. The Hall–Kier alpha value is -1.52. The monoisotopic (exact) mass is 322 g/mol. The van der Waals surface area contributed by atoms with E-state index < -0.39 is 6.09 Å². The van der Waals surface area contributed by atoms with Gasteiger partial charge in [0.25, 0.3) is 0 Å². The maximum atomic E-state index is 11.5. The third-order valence-corrected chi connectivity index (χ3v) is 4.26. The molecule has 2 rings (SSSR count). The predicted molar refractivity (Wildman–Crippen MR) is 90.2 cm³/mol. The molecule has 0 unspecified atom stereocenters. The lowest BCUT2D eigenvalue weighted by Gasteiger charge is -2.30. The average Bonchev–Trinajstić information content (AvgIpc) is 2.45. The van der Waals surface area contributed by atoms with Gasteiger partial charge in [0.15, 0.2) is 0 Å². The molecule has 4 nitrogen and oxygen atoms in total. The molecule has 0 saturated heterocycles. The van der Waals surface area contributed by atoms with Gasteiger partial charge in [-0.25, -0.2) is 4.79 Å². The average molecular weight is 323 g/mol. The van der Waals surface area contributed by atoms with Gasteiger partial charge < -0.3 is 10.0 Å². The molecule has 0 radical (unpaired) electrons. The quantitative estimate of drug-likeness (QED) is 0.916. The van der Waals surface area contributed by atoms with Gasteiger partial charge >= 0.3 is 6.09 Å². The van der Waals surface area contributed by atoms with Crippen LogP contribution in [0.25, 0.3) is 5.70 Å². The first kappa shape index (κ1) is 16.8. The summed E-state index contributed by atoms with van der Waals surface area (Å²) in [5.74, 6) is 0.342. The summed E-state index contributed by atoms with van der Waals surface area (Å²) in [6.07, 6.45) is 2.85. The van der Waals surface area contributed by atoms with Gasteiger partial charge in [0.1, 0.15) is 0 Å². The summed E-state index contributed by atoms with van der Waals surface area (Å²) >= 11 is 6.38. The van der Waals surface area contributed by atoms with E-state index in [2.05, 4.69) is 11.8 Å². The Bertz CT molecular complexity index is 584. The van der Waals surface area contributed by atoms with E-state index in [1.807, 2.05) is 38.4 Å². The van der Waals surface area contributed by atoms with Gasteiger partial charge in [0.05, 0.1) is 5.70 Å². The molecule has 1 atom stereocenters. The number of hydrogen-bond acceptors (Lipinski definition) is 2. The molecule has 1 N–H and O–H groups in total. The second-order valence-corrected chi connectivity index (χ2v) is 6.59. The van der Waals surface area contributed by atoms with Crippen LogP contribution in [0.4, 0.5) is 4.79 Å². The van der Waals surface area contributed by atoms with E-state index in [0.29, 0.717) is 17.5 Å². The van der Waals surface area contributed by atoms with E-state index in [4.69, 9.17) is 11.6 Å². The van der Waals surface area contributed by atoms with Crippen LogP contribution >= 0.6 is 11.6 Å². The molecule has 1 heterocycles. The van der Waals surface area contributed by atoms with Crippen LogP contribution in [0.5, 0.6) is 0 Å². The Morgan fingerprint density at radius 3 is 2.77 bits per heavy atom. The Morgan fingerprint density at radius 1 is 1.45 bits per heavy atom. The molecule has 0 fully saturated rings. The summed E-state index contributed by atoms with van der Waals surface area (Å²) < 4.78 is 0. The molecule has 1 aliphatic rings. The van der Waals surface area contributed by atoms with Crippen molar-refractivity contribution in [1.29, 1.82) is 0 Å². The van der Waals surface area contributed by atoms with Gasteiger partial charge in [-0.15, -0.1) is 0 Å². The minimum Gasteiger partial charge on any atom is -0.465 e. The van der Waals surface area contributed by atoms with Crippen LogP contribution in [0, 0.1) is 5.92 Å². The van der Waals surface area contributed by atoms with Crippen LogP contribution in [-0.4, -0.2) is 48.2 Å². The molecule has 1 amide bonds. The number of rotatable bonds is 4. The fraction of sp³-hybridized carbons (Fsp3) is 0.471. The van der Waals surface area contributed by atoms with Crippen LogP contribution in [0.2, 0.25) is 5.02 Å². The van der Waals surface area contributed by atoms with E-state index in [-0.39, 0.29) is 0 Å². The number of amides is 1. The second kappa shape index (κ2) is 7.16. The van der Waals surface area contributed by atoms with Crippen LogP contribution in [0.15, 0.2) is 24.3 Å². The highest BCUT2D eigenvalue weighted by atomic mass is 35.5. The highest BCUT2D eigenvalue weighted by Gasteiger charge is 2.24. The molecule has 0 bridgehead atoms. The fourth-order valence-electron chi connectivity index (χ4n) is 2.62. The zero-order valence-electron chi connectivity index (χ0n) is 13.3. The summed E-state index contributed by atoms with van der Waals surface area (Å²) in [6, 6.07) is 5.85. The first-order chi connectivity index (χ1) is 10.4. The number of likely N-dealkylation sites (N-methyl/N-ethyl adjacent to an activating group) is 1. The van der Waals surface area contributed by atoms with Crippen molar-refractivity contribution in [3.05, 3.63) is 40.4 Å². The molecule has 22 heavy (non-hydrogen) atoms. The molecule has 5 heteroatoms. The number of carboxylic acid groups (broad SMARTS) is 1. The number of nitrogens with zero attached hydrogens (tertiary/aromatic N) is 2. The largest absolute Gasteiger partial charge is 0.465 e. The minimum atomic E-state index is -0.911. The minimum absolute atomic E-state index is 0.342. The van der Waals surface area contributed by atoms with E-state index in [0.717, 1.165) is 36.2 Å². The maximum Gasteiger partial charge on any atom is 0.411 e. The van der Waals surface area contributed by atoms with Crippen molar-refractivity contribution in [3.8, 4) is 0 Å². The summed E-state index contributed by atoms with van der Waals surface area (Å²) in [7, 11) is 4.06. The van der Waals surface area contributed by atoms with Crippen molar-refractivity contribution in [3.63, 3.8) is 0 Å². The zero-order valence-corrected chi connectivity index (χ0v) is 14.1. The summed E-state index contributed by atoms with van der Waals surface area (Å²) in [5.41, 5.74) is 2.70. The highest BCUT2D eigenvalue weighted by molar-refractivity contribution is 6.31. The van der Waals surface area contributed by atoms with Crippen molar-refractivity contribution >= 4 is 23.4 Å². The van der Waals surface area contributed by atoms with Crippen molar-refractivity contribution in [2.24, 2.45) is 5.92 Å². The standard InChI is InChI=1S/C17H23ClN2O2/c1-12-4-7-16(20(11-12)17(21)22)14-6-5-13(15(18)10-14)8-9-19(2)3/h5-7,10,12H,4,8-9,11H2,1-3H3,(H,21,22)/t12-/m0/s1. The second-order valence-electron chi connectivity index (χ2n) is 6.18. The lowest BCUT2D eigenvalue weighted by atomic mass is 9.97. The normalized spacial score (nSPS) is 18.5. The number of benzene rings is 1. The third kappa shape index (κ3) is 4.02. The molecule has 0 saturated carbocycles. The van der Waals surface area contributed by atoms with Gasteiger partial charge in [-0.2, -0.15) is 0 Å². The Balaban J connectivity index is 2.25. The highest BCUT2D eigenvalue weighted by Crippen LogP contribution is 2.30. The van der Waals surface area contributed by atoms with Crippen molar-refractivity contribution in [2.45, 2.75) is 19.8 Å². The molecule has 120 valence electrons. The van der Waals surface area contributed by atoms with E-state index in [9.17, 15) is 9.90 Å². The van der Waals surface area contributed by atoms with Gasteiger partial charge in [-0.1, -0.05) is 36.7 Å². The maximum absolute atomic E-state index is 11.5. The molecule has 0 spiro atoms. The van der Waals surface area contributed by atoms with Crippen molar-refractivity contribution in [2.75, 3.05) is 27.2 Å². The van der Waals surface area contributed by atoms with Gasteiger partial charge in [-0.3, -0.25) is 4.90 Å². The number of halogens is 1. The van der Waals surface area contributed by atoms with Crippen molar-refractivity contribution < 1.29 is 9.90 Å².